The van der Waals surface area contributed by atoms with E-state index in [9.17, 15) is 13.2 Å². The molecule has 0 aromatic rings. The molecule has 3 N–H and O–H groups in total. The molecule has 0 spiro atoms. The molecule has 0 saturated carbocycles. The molecule has 72 valence electrons. The molecule has 0 bridgehead atoms. The van der Waals surface area contributed by atoms with Gasteiger partial charge < -0.3 is 10.5 Å². The molecule has 1 atom stereocenters. The molecule has 0 aromatic carbocycles. The molecule has 1 unspecified atom stereocenters. The fourth-order valence-corrected chi connectivity index (χ4v) is 1.10. The molecule has 0 aliphatic rings. The average Bonchev–Trinajstić information content (AvgIpc) is 1.97. The third kappa shape index (κ3) is 5.05. The second-order valence-corrected chi connectivity index (χ2v) is 3.78. The fraction of sp³-hybridized carbons (Fsp3) is 0.800. The Morgan fingerprint density at radius 3 is 2.50 bits per heavy atom. The summed E-state index contributed by atoms with van der Waals surface area (Å²) in [7, 11) is -2.90. The Hall–Kier alpha value is -0.660. The van der Waals surface area contributed by atoms with Crippen LogP contribution in [0.2, 0.25) is 0 Å². The Balaban J connectivity index is 3.88. The van der Waals surface area contributed by atoms with Crippen molar-refractivity contribution in [3.8, 4) is 0 Å². The Kier molecular flexibility index (Phi) is 4.15. The van der Waals surface area contributed by atoms with Crippen molar-refractivity contribution in [2.75, 3.05) is 12.9 Å². The van der Waals surface area contributed by atoms with Gasteiger partial charge in [-0.2, -0.15) is 8.42 Å². The van der Waals surface area contributed by atoms with Crippen molar-refractivity contribution in [2.45, 2.75) is 12.5 Å². The summed E-state index contributed by atoms with van der Waals surface area (Å²) in [5.74, 6) is -1.23. The van der Waals surface area contributed by atoms with Gasteiger partial charge in [-0.3, -0.25) is 9.35 Å². The second-order valence-electron chi connectivity index (χ2n) is 2.20. The van der Waals surface area contributed by atoms with E-state index in [1.807, 2.05) is 0 Å². The molecule has 0 radical (unpaired) electrons. The predicted molar refractivity (Wildman–Crippen MR) is 41.0 cm³/mol. The number of hydrogen-bond donors (Lipinski definition) is 2. The molecule has 0 aliphatic heterocycles. The van der Waals surface area contributed by atoms with Crippen molar-refractivity contribution in [2.24, 2.45) is 5.73 Å². The van der Waals surface area contributed by atoms with Crippen LogP contribution in [0.1, 0.15) is 6.42 Å². The SMILES string of the molecule is COC(=O)C(N)CCS(=O)(=O)O. The van der Waals surface area contributed by atoms with Crippen LogP contribution in [0.5, 0.6) is 0 Å². The van der Waals surface area contributed by atoms with Crippen LogP contribution in [0.15, 0.2) is 0 Å². The third-order valence-electron chi connectivity index (χ3n) is 1.19. The van der Waals surface area contributed by atoms with E-state index < -0.39 is 27.9 Å². The van der Waals surface area contributed by atoms with Crippen LogP contribution in [-0.4, -0.2) is 37.8 Å². The quantitative estimate of drug-likeness (QED) is 0.431. The summed E-state index contributed by atoms with van der Waals surface area (Å²) in [4.78, 5) is 10.6. The van der Waals surface area contributed by atoms with E-state index >= 15 is 0 Å². The van der Waals surface area contributed by atoms with Gasteiger partial charge in [0.2, 0.25) is 0 Å². The van der Waals surface area contributed by atoms with Crippen LogP contribution in [-0.2, 0) is 19.6 Å². The van der Waals surface area contributed by atoms with Crippen LogP contribution in [0, 0.1) is 0 Å². The van der Waals surface area contributed by atoms with Gasteiger partial charge in [0.05, 0.1) is 12.9 Å². The maximum absolute atomic E-state index is 10.6. The lowest BCUT2D eigenvalue weighted by Crippen LogP contribution is -2.33. The van der Waals surface area contributed by atoms with Crippen molar-refractivity contribution in [3.63, 3.8) is 0 Å². The zero-order valence-electron chi connectivity index (χ0n) is 6.56. The zero-order chi connectivity index (χ0) is 9.78. The predicted octanol–water partition coefficient (Wildman–Crippen LogP) is -1.24. The molecule has 12 heavy (non-hydrogen) atoms. The van der Waals surface area contributed by atoms with Crippen molar-refractivity contribution in [3.05, 3.63) is 0 Å². The molecule has 0 rings (SSSR count). The maximum atomic E-state index is 10.6. The lowest BCUT2D eigenvalue weighted by molar-refractivity contribution is -0.142. The standard InChI is InChI=1S/C5H11NO5S/c1-11-5(7)4(6)2-3-12(8,9)10/h4H,2-3,6H2,1H3,(H,8,9,10). The van der Waals surface area contributed by atoms with Crippen molar-refractivity contribution < 1.29 is 22.5 Å². The first-order chi connectivity index (χ1) is 5.37. The highest BCUT2D eigenvalue weighted by Gasteiger charge is 2.16. The third-order valence-corrected chi connectivity index (χ3v) is 1.94. The molecular weight excluding hydrogens is 186 g/mol. The summed E-state index contributed by atoms with van der Waals surface area (Å²) in [6, 6.07) is -1.00. The molecule has 0 aromatic heterocycles. The summed E-state index contributed by atoms with van der Waals surface area (Å²) in [5.41, 5.74) is 5.18. The lowest BCUT2D eigenvalue weighted by Gasteiger charge is -2.06. The number of nitrogens with two attached hydrogens (primary N) is 1. The van der Waals surface area contributed by atoms with E-state index in [1.165, 1.54) is 0 Å². The van der Waals surface area contributed by atoms with Gasteiger partial charge in [0.1, 0.15) is 6.04 Å². The number of carbonyl (C=O) groups is 1. The van der Waals surface area contributed by atoms with Gasteiger partial charge in [0.15, 0.2) is 0 Å². The summed E-state index contributed by atoms with van der Waals surface area (Å²) in [6.45, 7) is 0. The van der Waals surface area contributed by atoms with E-state index in [2.05, 4.69) is 4.74 Å². The smallest absolute Gasteiger partial charge is 0.322 e. The first kappa shape index (κ1) is 11.3. The van der Waals surface area contributed by atoms with Gasteiger partial charge in [-0.15, -0.1) is 0 Å². The number of carbonyl (C=O) groups excluding carboxylic acids is 1. The van der Waals surface area contributed by atoms with Crippen LogP contribution in [0.4, 0.5) is 0 Å². The van der Waals surface area contributed by atoms with E-state index in [4.69, 9.17) is 10.3 Å². The molecular formula is C5H11NO5S. The molecule has 0 aliphatic carbocycles. The number of methoxy groups -OCH3 is 1. The normalized spacial score (nSPS) is 13.9. The summed E-state index contributed by atoms with van der Waals surface area (Å²) >= 11 is 0. The first-order valence-electron chi connectivity index (χ1n) is 3.15. The summed E-state index contributed by atoms with van der Waals surface area (Å²) in [5, 5.41) is 0. The minimum Gasteiger partial charge on any atom is -0.468 e. The van der Waals surface area contributed by atoms with Gasteiger partial charge >= 0.3 is 5.97 Å². The summed E-state index contributed by atoms with van der Waals surface area (Å²) < 4.78 is 32.9. The van der Waals surface area contributed by atoms with Gasteiger partial charge in [-0.05, 0) is 6.42 Å². The lowest BCUT2D eigenvalue weighted by atomic mass is 10.2. The molecule has 7 heteroatoms. The molecule has 6 nitrogen and oxygen atoms in total. The van der Waals surface area contributed by atoms with Crippen LogP contribution in [0.25, 0.3) is 0 Å². The fourth-order valence-electron chi connectivity index (χ4n) is 0.545. The first-order valence-corrected chi connectivity index (χ1v) is 4.76. The Morgan fingerprint density at radius 2 is 2.17 bits per heavy atom. The highest BCUT2D eigenvalue weighted by molar-refractivity contribution is 7.85. The van der Waals surface area contributed by atoms with Gasteiger partial charge in [-0.1, -0.05) is 0 Å². The number of rotatable bonds is 4. The minimum absolute atomic E-state index is 0.147. The van der Waals surface area contributed by atoms with E-state index in [0.717, 1.165) is 7.11 Å². The van der Waals surface area contributed by atoms with E-state index in [0.29, 0.717) is 0 Å². The zero-order valence-corrected chi connectivity index (χ0v) is 7.37. The number of esters is 1. The van der Waals surface area contributed by atoms with Gasteiger partial charge in [-0.25, -0.2) is 0 Å². The average molecular weight is 197 g/mol. The van der Waals surface area contributed by atoms with E-state index in [1.54, 1.807) is 0 Å². The van der Waals surface area contributed by atoms with Crippen molar-refractivity contribution >= 4 is 16.1 Å². The Labute approximate surface area is 70.4 Å². The van der Waals surface area contributed by atoms with Crippen LogP contribution < -0.4 is 5.73 Å². The largest absolute Gasteiger partial charge is 0.468 e. The van der Waals surface area contributed by atoms with Crippen LogP contribution >= 0.6 is 0 Å². The molecule has 0 fully saturated rings. The van der Waals surface area contributed by atoms with Crippen molar-refractivity contribution in [1.82, 2.24) is 0 Å². The second kappa shape index (κ2) is 4.39. The topological polar surface area (TPSA) is 107 Å². The number of ether oxygens (including phenoxy) is 1. The van der Waals surface area contributed by atoms with Gasteiger partial charge in [0.25, 0.3) is 10.1 Å². The summed E-state index contributed by atoms with van der Waals surface area (Å²) in [6.07, 6.45) is -0.147. The molecule has 0 amide bonds. The number of hydrogen-bond acceptors (Lipinski definition) is 5. The van der Waals surface area contributed by atoms with Gasteiger partial charge in [0, 0.05) is 0 Å². The Bertz CT molecular complexity index is 247. The molecule has 0 saturated heterocycles. The maximum Gasteiger partial charge on any atom is 0.322 e. The highest BCUT2D eigenvalue weighted by Crippen LogP contribution is 1.94. The molecule has 0 heterocycles. The van der Waals surface area contributed by atoms with Crippen molar-refractivity contribution in [1.29, 1.82) is 0 Å². The van der Waals surface area contributed by atoms with E-state index in [-0.39, 0.29) is 6.42 Å². The highest BCUT2D eigenvalue weighted by atomic mass is 32.2. The minimum atomic E-state index is -4.05. The Morgan fingerprint density at radius 1 is 1.67 bits per heavy atom. The monoisotopic (exact) mass is 197 g/mol. The van der Waals surface area contributed by atoms with Crippen LogP contribution in [0.3, 0.4) is 0 Å².